The summed E-state index contributed by atoms with van der Waals surface area (Å²) in [4.78, 5) is 22.3. The fraction of sp³-hybridized carbons (Fsp3) is 0.778. The van der Waals surface area contributed by atoms with Gasteiger partial charge >= 0.3 is 5.97 Å². The number of rotatable bonds is 3. The predicted octanol–water partition coefficient (Wildman–Crippen LogP) is 0.545. The third-order valence-corrected chi connectivity index (χ3v) is 2.29. The minimum atomic E-state index is -0.936. The van der Waals surface area contributed by atoms with Gasteiger partial charge in [-0.05, 0) is 19.8 Å². The number of carbonyl (C=O) groups is 2. The summed E-state index contributed by atoms with van der Waals surface area (Å²) in [5.74, 6) is -0.409. The van der Waals surface area contributed by atoms with Crippen LogP contribution in [0, 0.1) is 5.41 Å². The monoisotopic (exact) mass is 186 g/mol. The third-order valence-electron chi connectivity index (χ3n) is 2.29. The average molecular weight is 186 g/mol. The molecule has 4 heteroatoms. The molecule has 1 rings (SSSR count). The first-order chi connectivity index (χ1) is 6.25. The van der Waals surface area contributed by atoms with Crippen molar-refractivity contribution in [2.24, 2.45) is 5.41 Å². The van der Waals surface area contributed by atoms with Crippen molar-refractivity contribution in [1.29, 1.82) is 0 Å². The highest BCUT2D eigenvalue weighted by Crippen LogP contribution is 2.29. The Morgan fingerprint density at radius 3 is 2.62 bits per heavy atom. The standard InChI is InChI=1S/C9H14O4/c1-2-13-8(11)9(7-10)3-5-12-6-4-9/h7H,2-6H2,1H3. The number of hydrogen-bond donors (Lipinski definition) is 0. The number of aldehydes is 1. The number of ether oxygens (including phenoxy) is 2. The molecule has 13 heavy (non-hydrogen) atoms. The van der Waals surface area contributed by atoms with E-state index in [-0.39, 0.29) is 0 Å². The van der Waals surface area contributed by atoms with Gasteiger partial charge in [-0.3, -0.25) is 4.79 Å². The molecule has 0 aromatic heterocycles. The Bertz CT molecular complexity index is 194. The maximum Gasteiger partial charge on any atom is 0.319 e. The van der Waals surface area contributed by atoms with E-state index in [9.17, 15) is 9.59 Å². The lowest BCUT2D eigenvalue weighted by Crippen LogP contribution is -2.39. The van der Waals surface area contributed by atoms with Crippen LogP contribution in [-0.2, 0) is 19.1 Å². The van der Waals surface area contributed by atoms with Crippen molar-refractivity contribution in [3.8, 4) is 0 Å². The minimum Gasteiger partial charge on any atom is -0.465 e. The molecule has 1 aliphatic rings. The summed E-state index contributed by atoms with van der Waals surface area (Å²) >= 11 is 0. The molecule has 0 aliphatic carbocycles. The van der Waals surface area contributed by atoms with Crippen LogP contribution in [0.3, 0.4) is 0 Å². The van der Waals surface area contributed by atoms with Gasteiger partial charge in [0.15, 0.2) is 0 Å². The van der Waals surface area contributed by atoms with Crippen molar-refractivity contribution in [2.45, 2.75) is 19.8 Å². The molecule has 0 spiro atoms. The zero-order valence-corrected chi connectivity index (χ0v) is 7.75. The summed E-state index contributed by atoms with van der Waals surface area (Å²) in [7, 11) is 0. The molecule has 1 aliphatic heterocycles. The molecule has 1 heterocycles. The molecule has 4 nitrogen and oxygen atoms in total. The quantitative estimate of drug-likeness (QED) is 0.367. The van der Waals surface area contributed by atoms with Crippen LogP contribution in [0.1, 0.15) is 19.8 Å². The first-order valence-electron chi connectivity index (χ1n) is 4.46. The SMILES string of the molecule is CCOC(=O)C1(C=O)CCOCC1. The van der Waals surface area contributed by atoms with Crippen molar-refractivity contribution < 1.29 is 19.1 Å². The molecule has 74 valence electrons. The molecule has 0 radical (unpaired) electrons. The molecule has 0 aromatic carbocycles. The predicted molar refractivity (Wildman–Crippen MR) is 45.2 cm³/mol. The maximum atomic E-state index is 11.4. The van der Waals surface area contributed by atoms with Gasteiger partial charge in [0, 0.05) is 13.2 Å². The molecule has 0 atom stereocenters. The van der Waals surface area contributed by atoms with Gasteiger partial charge in [-0.15, -0.1) is 0 Å². The summed E-state index contributed by atoms with van der Waals surface area (Å²) in [6.45, 7) is 2.96. The van der Waals surface area contributed by atoms with Crippen LogP contribution >= 0.6 is 0 Å². The number of hydrogen-bond acceptors (Lipinski definition) is 4. The van der Waals surface area contributed by atoms with Gasteiger partial charge in [-0.1, -0.05) is 0 Å². The highest BCUT2D eigenvalue weighted by Gasteiger charge is 2.41. The van der Waals surface area contributed by atoms with Gasteiger partial charge in [0.25, 0.3) is 0 Å². The second-order valence-corrected chi connectivity index (χ2v) is 3.11. The first kappa shape index (κ1) is 10.2. The van der Waals surface area contributed by atoms with Gasteiger partial charge in [-0.25, -0.2) is 0 Å². The summed E-state index contributed by atoms with van der Waals surface area (Å²) in [5.41, 5.74) is -0.936. The van der Waals surface area contributed by atoms with E-state index < -0.39 is 11.4 Å². The van der Waals surface area contributed by atoms with Crippen molar-refractivity contribution in [2.75, 3.05) is 19.8 Å². The highest BCUT2D eigenvalue weighted by atomic mass is 16.5. The van der Waals surface area contributed by atoms with E-state index in [1.54, 1.807) is 6.92 Å². The fourth-order valence-electron chi connectivity index (χ4n) is 1.38. The molecule has 0 saturated carbocycles. The average Bonchev–Trinajstić information content (AvgIpc) is 2.19. The van der Waals surface area contributed by atoms with Gasteiger partial charge in [0.05, 0.1) is 6.61 Å². The lowest BCUT2D eigenvalue weighted by atomic mass is 9.82. The topological polar surface area (TPSA) is 52.6 Å². The fourth-order valence-corrected chi connectivity index (χ4v) is 1.38. The Balaban J connectivity index is 2.66. The van der Waals surface area contributed by atoms with Crippen molar-refractivity contribution in [3.05, 3.63) is 0 Å². The number of carbonyl (C=O) groups excluding carboxylic acids is 2. The molecule has 0 bridgehead atoms. The summed E-state index contributed by atoms with van der Waals surface area (Å²) < 4.78 is 9.94. The van der Waals surface area contributed by atoms with Crippen LogP contribution in [-0.4, -0.2) is 32.1 Å². The van der Waals surface area contributed by atoms with Crippen molar-refractivity contribution in [3.63, 3.8) is 0 Å². The Hall–Kier alpha value is -0.900. The molecule has 1 saturated heterocycles. The molecule has 0 amide bonds. The molecular formula is C9H14O4. The third kappa shape index (κ3) is 2.06. The van der Waals surface area contributed by atoms with Crippen LogP contribution in [0.15, 0.2) is 0 Å². The molecule has 0 N–H and O–H groups in total. The Labute approximate surface area is 77.2 Å². The van der Waals surface area contributed by atoms with Crippen LogP contribution in [0.25, 0.3) is 0 Å². The van der Waals surface area contributed by atoms with E-state index in [0.717, 1.165) is 0 Å². The largest absolute Gasteiger partial charge is 0.465 e. The Morgan fingerprint density at radius 2 is 2.15 bits per heavy atom. The molecular weight excluding hydrogens is 172 g/mol. The van der Waals surface area contributed by atoms with E-state index in [2.05, 4.69) is 0 Å². The van der Waals surface area contributed by atoms with Gasteiger partial charge < -0.3 is 14.3 Å². The van der Waals surface area contributed by atoms with E-state index in [0.29, 0.717) is 38.9 Å². The van der Waals surface area contributed by atoms with Gasteiger partial charge in [-0.2, -0.15) is 0 Å². The smallest absolute Gasteiger partial charge is 0.319 e. The summed E-state index contributed by atoms with van der Waals surface area (Å²) in [5, 5.41) is 0. The maximum absolute atomic E-state index is 11.4. The molecule has 0 aromatic rings. The Morgan fingerprint density at radius 1 is 1.54 bits per heavy atom. The summed E-state index contributed by atoms with van der Waals surface area (Å²) in [6, 6.07) is 0. The molecule has 0 unspecified atom stereocenters. The lowest BCUT2D eigenvalue weighted by molar-refractivity contribution is -0.162. The van der Waals surface area contributed by atoms with Crippen LogP contribution in [0.5, 0.6) is 0 Å². The van der Waals surface area contributed by atoms with E-state index in [1.165, 1.54) is 0 Å². The van der Waals surface area contributed by atoms with Gasteiger partial charge in [0.2, 0.25) is 0 Å². The van der Waals surface area contributed by atoms with E-state index >= 15 is 0 Å². The van der Waals surface area contributed by atoms with Crippen LogP contribution < -0.4 is 0 Å². The van der Waals surface area contributed by atoms with E-state index in [4.69, 9.17) is 9.47 Å². The number of esters is 1. The van der Waals surface area contributed by atoms with Gasteiger partial charge in [0.1, 0.15) is 11.7 Å². The zero-order valence-electron chi connectivity index (χ0n) is 7.75. The first-order valence-corrected chi connectivity index (χ1v) is 4.46. The summed E-state index contributed by atoms with van der Waals surface area (Å²) in [6.07, 6.45) is 1.58. The molecule has 1 fully saturated rings. The van der Waals surface area contributed by atoms with Crippen LogP contribution in [0.2, 0.25) is 0 Å². The van der Waals surface area contributed by atoms with Crippen molar-refractivity contribution in [1.82, 2.24) is 0 Å². The zero-order chi connectivity index (χ0) is 9.73. The van der Waals surface area contributed by atoms with Crippen molar-refractivity contribution >= 4 is 12.3 Å². The normalized spacial score (nSPS) is 20.7. The second kappa shape index (κ2) is 4.37. The Kier molecular flexibility index (Phi) is 3.42. The lowest BCUT2D eigenvalue weighted by Gasteiger charge is -2.29. The van der Waals surface area contributed by atoms with E-state index in [1.807, 2.05) is 0 Å². The second-order valence-electron chi connectivity index (χ2n) is 3.11. The highest BCUT2D eigenvalue weighted by molar-refractivity contribution is 5.93. The van der Waals surface area contributed by atoms with Crippen LogP contribution in [0.4, 0.5) is 0 Å². The minimum absolute atomic E-state index is 0.315.